The summed E-state index contributed by atoms with van der Waals surface area (Å²) < 4.78 is 4.90. The smallest absolute Gasteiger partial charge is 0.341 e. The van der Waals surface area contributed by atoms with Gasteiger partial charge < -0.3 is 10.1 Å². The van der Waals surface area contributed by atoms with Gasteiger partial charge in [0, 0.05) is 17.3 Å². The summed E-state index contributed by atoms with van der Waals surface area (Å²) >= 11 is 1.45. The summed E-state index contributed by atoms with van der Waals surface area (Å²) in [4.78, 5) is 33.5. The van der Waals surface area contributed by atoms with Gasteiger partial charge in [0.15, 0.2) is 0 Å². The van der Waals surface area contributed by atoms with E-state index in [0.717, 1.165) is 29.7 Å². The first-order valence-electron chi connectivity index (χ1n) is 7.40. The van der Waals surface area contributed by atoms with Gasteiger partial charge in [0.2, 0.25) is 0 Å². The van der Waals surface area contributed by atoms with E-state index in [2.05, 4.69) is 22.2 Å². The molecule has 120 valence electrons. The van der Waals surface area contributed by atoms with Gasteiger partial charge in [-0.1, -0.05) is 6.92 Å². The highest BCUT2D eigenvalue weighted by Crippen LogP contribution is 2.40. The van der Waals surface area contributed by atoms with Crippen molar-refractivity contribution in [1.82, 2.24) is 9.97 Å². The summed E-state index contributed by atoms with van der Waals surface area (Å²) in [5.74, 6) is -0.211. The number of methoxy groups -OCH3 is 1. The quantitative estimate of drug-likeness (QED) is 0.875. The van der Waals surface area contributed by atoms with E-state index in [4.69, 9.17) is 4.74 Å². The van der Waals surface area contributed by atoms with Crippen LogP contribution >= 0.6 is 11.3 Å². The predicted octanol–water partition coefficient (Wildman–Crippen LogP) is 2.70. The van der Waals surface area contributed by atoms with Gasteiger partial charge in [-0.2, -0.15) is 0 Å². The van der Waals surface area contributed by atoms with Crippen LogP contribution in [0.2, 0.25) is 0 Å². The maximum absolute atomic E-state index is 12.3. The zero-order valence-electron chi connectivity index (χ0n) is 13.0. The van der Waals surface area contributed by atoms with Gasteiger partial charge in [0.05, 0.1) is 18.9 Å². The number of ether oxygens (including phenoxy) is 1. The van der Waals surface area contributed by atoms with Gasteiger partial charge in [0.1, 0.15) is 10.7 Å². The molecule has 6 nitrogen and oxygen atoms in total. The molecule has 0 saturated carbocycles. The minimum Gasteiger partial charge on any atom is -0.465 e. The van der Waals surface area contributed by atoms with E-state index in [1.54, 1.807) is 0 Å². The lowest BCUT2D eigenvalue weighted by Crippen LogP contribution is -2.16. The Labute approximate surface area is 137 Å². The molecule has 0 radical (unpaired) electrons. The molecule has 2 aromatic rings. The van der Waals surface area contributed by atoms with Crippen LogP contribution in [-0.4, -0.2) is 29.0 Å². The van der Waals surface area contributed by atoms with E-state index >= 15 is 0 Å². The Balaban J connectivity index is 1.95. The zero-order valence-corrected chi connectivity index (χ0v) is 13.8. The number of carbonyl (C=O) groups is 2. The van der Waals surface area contributed by atoms with Crippen molar-refractivity contribution in [2.24, 2.45) is 5.92 Å². The predicted molar refractivity (Wildman–Crippen MR) is 86.8 cm³/mol. The van der Waals surface area contributed by atoms with E-state index in [1.165, 1.54) is 37.0 Å². The average Bonchev–Trinajstić information content (AvgIpc) is 2.91. The van der Waals surface area contributed by atoms with Crippen LogP contribution < -0.4 is 5.32 Å². The third kappa shape index (κ3) is 3.10. The highest BCUT2D eigenvalue weighted by molar-refractivity contribution is 7.17. The van der Waals surface area contributed by atoms with Crippen molar-refractivity contribution < 1.29 is 14.3 Å². The number of thiophene rings is 1. The Morgan fingerprint density at radius 3 is 2.91 bits per heavy atom. The highest BCUT2D eigenvalue weighted by Gasteiger charge is 2.29. The number of rotatable bonds is 3. The van der Waals surface area contributed by atoms with E-state index in [9.17, 15) is 9.59 Å². The lowest BCUT2D eigenvalue weighted by atomic mass is 9.88. The molecule has 1 atom stereocenters. The van der Waals surface area contributed by atoms with Crippen LogP contribution in [0.15, 0.2) is 18.6 Å². The van der Waals surface area contributed by atoms with Crippen molar-refractivity contribution in [2.75, 3.05) is 12.4 Å². The zero-order chi connectivity index (χ0) is 16.4. The van der Waals surface area contributed by atoms with Crippen molar-refractivity contribution in [3.63, 3.8) is 0 Å². The lowest BCUT2D eigenvalue weighted by molar-refractivity contribution is 0.0601. The van der Waals surface area contributed by atoms with E-state index in [0.29, 0.717) is 16.5 Å². The first-order valence-corrected chi connectivity index (χ1v) is 8.22. The Morgan fingerprint density at radius 1 is 1.39 bits per heavy atom. The van der Waals surface area contributed by atoms with Crippen LogP contribution in [0.3, 0.4) is 0 Å². The normalized spacial score (nSPS) is 16.5. The molecular formula is C16H17N3O3S. The van der Waals surface area contributed by atoms with Crippen LogP contribution in [0.5, 0.6) is 0 Å². The number of anilines is 1. The molecule has 1 aliphatic carbocycles. The molecular weight excluding hydrogens is 314 g/mol. The number of esters is 1. The number of nitrogens with zero attached hydrogens (tertiary/aromatic N) is 2. The molecule has 0 bridgehead atoms. The van der Waals surface area contributed by atoms with Crippen molar-refractivity contribution in [3.8, 4) is 0 Å². The fraction of sp³-hybridized carbons (Fsp3) is 0.375. The summed E-state index contributed by atoms with van der Waals surface area (Å²) in [6, 6.07) is 0. The maximum atomic E-state index is 12.3. The summed E-state index contributed by atoms with van der Waals surface area (Å²) in [5.41, 5.74) is 1.70. The third-order valence-corrected chi connectivity index (χ3v) is 5.09. The van der Waals surface area contributed by atoms with Gasteiger partial charge >= 0.3 is 5.97 Å². The molecule has 2 aromatic heterocycles. The fourth-order valence-electron chi connectivity index (χ4n) is 2.74. The monoisotopic (exact) mass is 331 g/mol. The van der Waals surface area contributed by atoms with Gasteiger partial charge in [0.25, 0.3) is 5.91 Å². The number of carbonyl (C=O) groups excluding carboxylic acids is 2. The van der Waals surface area contributed by atoms with Crippen LogP contribution in [0.4, 0.5) is 5.00 Å². The molecule has 1 N–H and O–H groups in total. The van der Waals surface area contributed by atoms with E-state index < -0.39 is 5.97 Å². The average molecular weight is 331 g/mol. The standard InChI is InChI=1S/C16H17N3O3S/c1-9-3-4-10-12(7-9)23-15(13(10)16(21)22-2)19-14(20)11-8-17-5-6-18-11/h5-6,8-9H,3-4,7H2,1-2H3,(H,19,20)/t9-/m1/s1. The minimum absolute atomic E-state index is 0.211. The van der Waals surface area contributed by atoms with Crippen molar-refractivity contribution >= 4 is 28.2 Å². The van der Waals surface area contributed by atoms with Gasteiger partial charge in [-0.25, -0.2) is 9.78 Å². The largest absolute Gasteiger partial charge is 0.465 e. The molecule has 0 spiro atoms. The van der Waals surface area contributed by atoms with E-state index in [1.807, 2.05) is 0 Å². The number of hydrogen-bond acceptors (Lipinski definition) is 6. The summed E-state index contributed by atoms with van der Waals surface area (Å²) in [6.45, 7) is 2.19. The van der Waals surface area contributed by atoms with Crippen molar-refractivity contribution in [2.45, 2.75) is 26.2 Å². The van der Waals surface area contributed by atoms with Crippen molar-refractivity contribution in [3.05, 3.63) is 40.3 Å². The van der Waals surface area contributed by atoms with Gasteiger partial charge in [-0.15, -0.1) is 11.3 Å². The molecule has 0 saturated heterocycles. The molecule has 0 aromatic carbocycles. The first-order chi connectivity index (χ1) is 11.1. The van der Waals surface area contributed by atoms with Crippen LogP contribution in [-0.2, 0) is 17.6 Å². The number of fused-ring (bicyclic) bond motifs is 1. The second-order valence-electron chi connectivity index (χ2n) is 5.59. The summed E-state index contributed by atoms with van der Waals surface area (Å²) in [7, 11) is 1.35. The maximum Gasteiger partial charge on any atom is 0.341 e. The van der Waals surface area contributed by atoms with Gasteiger partial charge in [-0.3, -0.25) is 9.78 Å². The number of aromatic nitrogens is 2. The Kier molecular flexibility index (Phi) is 4.38. The Morgan fingerprint density at radius 2 is 2.22 bits per heavy atom. The van der Waals surface area contributed by atoms with Crippen molar-refractivity contribution in [1.29, 1.82) is 0 Å². The van der Waals surface area contributed by atoms with Gasteiger partial charge in [-0.05, 0) is 30.7 Å². The first kappa shape index (κ1) is 15.6. The summed E-state index contributed by atoms with van der Waals surface area (Å²) in [6.07, 6.45) is 7.14. The Bertz CT molecular complexity index is 743. The molecule has 7 heteroatoms. The number of hydrogen-bond donors (Lipinski definition) is 1. The molecule has 1 amide bonds. The minimum atomic E-state index is -0.411. The fourth-order valence-corrected chi connectivity index (χ4v) is 4.13. The molecule has 0 unspecified atom stereocenters. The van der Waals surface area contributed by atoms with Crippen LogP contribution in [0, 0.1) is 5.92 Å². The van der Waals surface area contributed by atoms with Crippen LogP contribution in [0.1, 0.15) is 44.6 Å². The molecule has 0 aliphatic heterocycles. The molecule has 23 heavy (non-hydrogen) atoms. The summed E-state index contributed by atoms with van der Waals surface area (Å²) in [5, 5.41) is 3.32. The number of amides is 1. The van der Waals surface area contributed by atoms with Crippen LogP contribution in [0.25, 0.3) is 0 Å². The molecule has 2 heterocycles. The SMILES string of the molecule is COC(=O)c1c(NC(=O)c2cnccn2)sc2c1CC[C@@H](C)C2. The highest BCUT2D eigenvalue weighted by atomic mass is 32.1. The third-order valence-electron chi connectivity index (χ3n) is 3.92. The molecule has 0 fully saturated rings. The molecule has 3 rings (SSSR count). The lowest BCUT2D eigenvalue weighted by Gasteiger charge is -2.18. The van der Waals surface area contributed by atoms with E-state index in [-0.39, 0.29) is 11.6 Å². The second kappa shape index (κ2) is 6.45. The second-order valence-corrected chi connectivity index (χ2v) is 6.70. The Hall–Kier alpha value is -2.28. The molecule has 1 aliphatic rings. The topological polar surface area (TPSA) is 81.2 Å². The number of nitrogens with one attached hydrogen (secondary N) is 1.